The van der Waals surface area contributed by atoms with E-state index in [1.165, 1.54) is 40.1 Å². The first kappa shape index (κ1) is 49.1. The number of alkyl halides is 3. The highest BCUT2D eigenvalue weighted by Gasteiger charge is 2.86. The Balaban J connectivity index is 0.974. The van der Waals surface area contributed by atoms with Crippen LogP contribution in [0.3, 0.4) is 0 Å². The molecule has 2 aromatic heterocycles. The lowest BCUT2D eigenvalue weighted by atomic mass is 9.85. The number of anilines is 1. The molecule has 9 rings (SSSR count). The molecule has 0 radical (unpaired) electrons. The average Bonchev–Trinajstić information content (AvgIpc) is 4.05. The van der Waals surface area contributed by atoms with Crippen LogP contribution >= 0.6 is 22.9 Å². The van der Waals surface area contributed by atoms with Gasteiger partial charge in [-0.15, -0.1) is 17.9 Å². The summed E-state index contributed by atoms with van der Waals surface area (Å²) in [5.41, 5.74) is -0.495. The van der Waals surface area contributed by atoms with Crippen LogP contribution in [0.15, 0.2) is 36.2 Å². The molecule has 69 heavy (non-hydrogen) atoms. The molecule has 3 amide bonds. The number of alkyl carbamates (subject to hydrolysis) is 1. The van der Waals surface area contributed by atoms with Crippen molar-refractivity contribution in [3.8, 4) is 22.9 Å². The Hall–Kier alpha value is -4.92. The van der Waals surface area contributed by atoms with Crippen LogP contribution in [-0.4, -0.2) is 148 Å². The third kappa shape index (κ3) is 10.0. The Morgan fingerprint density at radius 3 is 2.32 bits per heavy atom. The largest absolute Gasteiger partial charge is 0.491 e. The highest BCUT2D eigenvalue weighted by molar-refractivity contribution is 7.14. The Kier molecular flexibility index (Phi) is 12.8. The van der Waals surface area contributed by atoms with E-state index in [1.54, 1.807) is 39.0 Å². The van der Waals surface area contributed by atoms with Crippen molar-refractivity contribution in [1.29, 1.82) is 0 Å². The van der Waals surface area contributed by atoms with E-state index in [4.69, 9.17) is 35.8 Å². The van der Waals surface area contributed by atoms with Crippen LogP contribution in [0.5, 0.6) is 11.5 Å². The minimum Gasteiger partial charge on any atom is -0.491 e. The summed E-state index contributed by atoms with van der Waals surface area (Å²) in [5, 5.41) is 22.3. The second kappa shape index (κ2) is 18.0. The Morgan fingerprint density at radius 1 is 1.00 bits per heavy atom. The lowest BCUT2D eigenvalue weighted by Gasteiger charge is -2.35. The normalized spacial score (nSPS) is 28.9. The third-order valence-corrected chi connectivity index (χ3v) is 16.0. The first-order valence-electron chi connectivity index (χ1n) is 23.6. The van der Waals surface area contributed by atoms with Gasteiger partial charge >= 0.3 is 18.2 Å². The highest BCUT2D eigenvalue weighted by atomic mass is 35.5. The summed E-state index contributed by atoms with van der Waals surface area (Å²) < 4.78 is 57.7. The minimum atomic E-state index is -4.25. The molecule has 2 saturated heterocycles. The highest BCUT2D eigenvalue weighted by Crippen LogP contribution is 2.93. The molecule has 6 fully saturated rings. The molecule has 1 aromatic carbocycles. The first-order valence-corrected chi connectivity index (χ1v) is 24.9. The van der Waals surface area contributed by atoms with E-state index in [1.807, 2.05) is 24.1 Å². The number of aromatic nitrogens is 2. The van der Waals surface area contributed by atoms with Gasteiger partial charge in [0, 0.05) is 67.9 Å². The van der Waals surface area contributed by atoms with E-state index < -0.39 is 71.7 Å². The van der Waals surface area contributed by atoms with Crippen molar-refractivity contribution in [2.45, 2.75) is 115 Å². The molecule has 21 heteroatoms. The fraction of sp³-hybridized carbons (Fsp3) is 0.625. The number of hydrogen-bond acceptors (Lipinski definition) is 13. The maximum Gasteiger partial charge on any atom is 0.408 e. The number of ether oxygens (including phenoxy) is 3. The van der Waals surface area contributed by atoms with E-state index in [0.29, 0.717) is 69.4 Å². The molecule has 374 valence electrons. The van der Waals surface area contributed by atoms with Gasteiger partial charge in [0.2, 0.25) is 11.8 Å². The van der Waals surface area contributed by atoms with Gasteiger partial charge in [0.25, 0.3) is 0 Å². The number of carbonyl (C=O) groups excluding carboxylic acids is 3. The van der Waals surface area contributed by atoms with E-state index in [0.717, 1.165) is 12.8 Å². The number of nitrogens with one attached hydrogen (secondary N) is 3. The summed E-state index contributed by atoms with van der Waals surface area (Å²) >= 11 is 8.49. The quantitative estimate of drug-likeness (QED) is 0.102. The van der Waals surface area contributed by atoms with E-state index in [2.05, 4.69) is 22.5 Å². The lowest BCUT2D eigenvalue weighted by Crippen LogP contribution is -2.59. The summed E-state index contributed by atoms with van der Waals surface area (Å²) in [5.74, 6) is -2.30. The fourth-order valence-electron chi connectivity index (χ4n) is 10.9. The number of carboxylic acids is 1. The van der Waals surface area contributed by atoms with Crippen LogP contribution < -0.4 is 25.4 Å². The predicted octanol–water partition coefficient (Wildman–Crippen LogP) is 6.97. The van der Waals surface area contributed by atoms with Crippen LogP contribution in [0.2, 0.25) is 5.02 Å². The molecule has 2 aliphatic heterocycles. The number of fused-ring (bicyclic) bond motifs is 1. The van der Waals surface area contributed by atoms with Crippen LogP contribution in [0.4, 0.5) is 23.1 Å². The number of thiazole rings is 1. The van der Waals surface area contributed by atoms with Gasteiger partial charge in [0.1, 0.15) is 58.7 Å². The number of carboxylic acid groups (broad SMARTS) is 1. The second-order valence-corrected chi connectivity index (χ2v) is 22.5. The summed E-state index contributed by atoms with van der Waals surface area (Å²) in [6.45, 7) is 14.3. The number of carbonyl (C=O) groups is 4. The zero-order chi connectivity index (χ0) is 49.4. The molecule has 4 saturated carbocycles. The number of piperazine rings is 1. The van der Waals surface area contributed by atoms with Gasteiger partial charge in [-0.2, -0.15) is 13.2 Å². The van der Waals surface area contributed by atoms with Crippen molar-refractivity contribution < 1.29 is 51.7 Å². The van der Waals surface area contributed by atoms with Crippen LogP contribution in [0.1, 0.15) is 73.1 Å². The first-order chi connectivity index (χ1) is 32.5. The van der Waals surface area contributed by atoms with E-state index in [9.17, 15) is 37.5 Å². The molecule has 4 aliphatic carbocycles. The molecular formula is C48H60ClF3N8O8S. The van der Waals surface area contributed by atoms with E-state index in [-0.39, 0.29) is 56.3 Å². The number of aliphatic carboxylic acids is 1. The third-order valence-electron chi connectivity index (χ3n) is 14.8. The summed E-state index contributed by atoms with van der Waals surface area (Å²) in [4.78, 5) is 69.7. The molecule has 16 nitrogen and oxygen atoms in total. The molecular weight excluding hydrogens is 941 g/mol. The van der Waals surface area contributed by atoms with E-state index >= 15 is 0 Å². The molecule has 0 bridgehead atoms. The number of rotatable bonds is 17. The minimum absolute atomic E-state index is 0.0305. The maximum absolute atomic E-state index is 14.9. The van der Waals surface area contributed by atoms with Gasteiger partial charge in [0.05, 0.1) is 24.3 Å². The standard InChI is InChI=1S/C48H60ClF3N8O8S/c1-7-27-18-47(27,41(63)64)57-39(61)33-16-28(21-60(33)40(62)38(44(4,5)6)56-43(65)68-29-19-45-23-46(45,20-29)24-45)67-35-17-31(32-22-69-42(55-32)53-26(2)3)54-37-30(35)8-9-34(36(37)49)66-15-14-58-10-12-59(13-11-58)25-48(50,51)52/h7-9,17,22,26-29,33,38H,1,10-16,18-21,23-25H2,2-6H3,(H,53,55)(H,56,65)(H,57,61)(H,63,64)/t27-,28-,29?,33+,38-,45?,46?,47-/m1/s1. The summed E-state index contributed by atoms with van der Waals surface area (Å²) in [7, 11) is 0. The monoisotopic (exact) mass is 1000 g/mol. The maximum atomic E-state index is 14.9. The number of halogens is 4. The number of likely N-dealkylation sites (tertiary alicyclic amines) is 1. The smallest absolute Gasteiger partial charge is 0.408 e. The van der Waals surface area contributed by atoms with Gasteiger partial charge < -0.3 is 40.2 Å². The Morgan fingerprint density at radius 2 is 1.70 bits per heavy atom. The van der Waals surface area contributed by atoms with Crippen LogP contribution in [0, 0.1) is 22.2 Å². The predicted molar refractivity (Wildman–Crippen MR) is 252 cm³/mol. The summed E-state index contributed by atoms with van der Waals surface area (Å²) in [6, 6.07) is 2.94. The van der Waals surface area contributed by atoms with Crippen molar-refractivity contribution in [3.63, 3.8) is 0 Å². The molecule has 3 aromatic rings. The molecule has 0 unspecified atom stereocenters. The Labute approximate surface area is 407 Å². The zero-order valence-corrected chi connectivity index (χ0v) is 41.0. The van der Waals surface area contributed by atoms with Crippen molar-refractivity contribution in [3.05, 3.63) is 41.3 Å². The van der Waals surface area contributed by atoms with Crippen LogP contribution in [0.25, 0.3) is 22.3 Å². The molecule has 4 N–H and O–H groups in total. The van der Waals surface area contributed by atoms with Crippen molar-refractivity contribution >= 4 is 62.8 Å². The number of amides is 3. The van der Waals surface area contributed by atoms with Crippen LogP contribution in [-0.2, 0) is 19.1 Å². The topological polar surface area (TPSA) is 188 Å². The van der Waals surface area contributed by atoms with Crippen molar-refractivity contribution in [2.75, 3.05) is 57.7 Å². The van der Waals surface area contributed by atoms with Gasteiger partial charge in [-0.3, -0.25) is 19.4 Å². The molecule has 0 spiro atoms. The number of pyridine rings is 1. The van der Waals surface area contributed by atoms with Crippen molar-refractivity contribution in [2.24, 2.45) is 22.2 Å². The number of benzene rings is 1. The zero-order valence-electron chi connectivity index (χ0n) is 39.4. The lowest BCUT2D eigenvalue weighted by molar-refractivity contribution is -0.149. The van der Waals surface area contributed by atoms with Gasteiger partial charge in [-0.05, 0) is 74.3 Å². The fourth-order valence-corrected chi connectivity index (χ4v) is 12.0. The van der Waals surface area contributed by atoms with Gasteiger partial charge in [-0.1, -0.05) is 38.4 Å². The average molecular weight is 1000 g/mol. The number of hydrogen-bond donors (Lipinski definition) is 4. The van der Waals surface area contributed by atoms with Gasteiger partial charge in [-0.25, -0.2) is 19.6 Å². The summed E-state index contributed by atoms with van der Waals surface area (Å²) in [6.07, 6.45) is -0.392. The van der Waals surface area contributed by atoms with Gasteiger partial charge in [0.15, 0.2) is 5.13 Å². The molecule has 6 aliphatic rings. The molecule has 5 atom stereocenters. The number of nitrogens with zero attached hydrogens (tertiary/aromatic N) is 5. The Bertz CT molecular complexity index is 2510. The second-order valence-electron chi connectivity index (χ2n) is 21.3. The SMILES string of the molecule is C=C[C@@H]1C[C@]1(NC(=O)[C@@H]1C[C@@H](Oc2cc(-c3csc(NC(C)C)n3)nc3c(Cl)c(OCCN4CCN(CC(F)(F)F)CC4)ccc23)CN1C(=O)[C@@H](NC(=O)OC1CC23CC2(C1)C3)C(C)(C)C)C(=O)O. The molecule has 4 heterocycles. The van der Waals surface area contributed by atoms with Crippen molar-refractivity contribution in [1.82, 2.24) is 35.3 Å².